The molecule has 0 spiro atoms. The van der Waals surface area contributed by atoms with Crippen LogP contribution in [-0.4, -0.2) is 26.1 Å². The van der Waals surface area contributed by atoms with Crippen molar-refractivity contribution in [2.24, 2.45) is 0 Å². The van der Waals surface area contributed by atoms with Gasteiger partial charge >= 0.3 is 0 Å². The van der Waals surface area contributed by atoms with Crippen LogP contribution < -0.4 is 10.1 Å². The molecule has 1 heterocycles. The average molecular weight is 431 g/mol. The summed E-state index contributed by atoms with van der Waals surface area (Å²) < 4.78 is 19.3. The van der Waals surface area contributed by atoms with Gasteiger partial charge < -0.3 is 10.1 Å². The maximum atomic E-state index is 13.7. The Morgan fingerprint density at radius 2 is 1.72 bits per heavy atom. The Balaban J connectivity index is 1.37. The molecule has 1 amide bonds. The van der Waals surface area contributed by atoms with Crippen LogP contribution in [0.3, 0.4) is 0 Å². The lowest BCUT2D eigenvalue weighted by Crippen LogP contribution is -2.21. The Bertz CT molecular complexity index is 1220. The predicted molar refractivity (Wildman–Crippen MR) is 119 cm³/mol. The summed E-state index contributed by atoms with van der Waals surface area (Å²) in [5, 5.41) is 15.2. The highest BCUT2D eigenvalue weighted by Gasteiger charge is 2.12. The van der Waals surface area contributed by atoms with Gasteiger partial charge in [-0.15, -0.1) is 10.2 Å². The Morgan fingerprint density at radius 1 is 1.00 bits per heavy atom. The van der Waals surface area contributed by atoms with E-state index in [2.05, 4.69) is 20.7 Å². The van der Waals surface area contributed by atoms with Crippen LogP contribution in [-0.2, 0) is 17.9 Å². The van der Waals surface area contributed by atoms with E-state index in [0.29, 0.717) is 17.1 Å². The number of carbonyl (C=O) groups is 1. The first-order chi connectivity index (χ1) is 15.5. The molecule has 8 heteroatoms. The van der Waals surface area contributed by atoms with Gasteiger partial charge in [-0.3, -0.25) is 4.79 Å². The molecule has 1 aromatic heterocycles. The number of nitrogens with zero attached hydrogens (tertiary/aromatic N) is 4. The molecule has 0 aliphatic heterocycles. The quantitative estimate of drug-likeness (QED) is 0.471. The molecule has 0 bridgehead atoms. The van der Waals surface area contributed by atoms with Crippen molar-refractivity contribution in [1.82, 2.24) is 20.2 Å². The third-order valence-electron chi connectivity index (χ3n) is 4.95. The van der Waals surface area contributed by atoms with Gasteiger partial charge in [0, 0.05) is 16.8 Å². The van der Waals surface area contributed by atoms with E-state index in [1.54, 1.807) is 42.5 Å². The van der Waals surface area contributed by atoms with E-state index in [-0.39, 0.29) is 24.9 Å². The van der Waals surface area contributed by atoms with Gasteiger partial charge in [0.2, 0.25) is 11.7 Å². The summed E-state index contributed by atoms with van der Waals surface area (Å²) in [4.78, 5) is 13.7. The Labute approximate surface area is 184 Å². The molecule has 7 nitrogen and oxygen atoms in total. The summed E-state index contributed by atoms with van der Waals surface area (Å²) >= 11 is 0. The lowest BCUT2D eigenvalue weighted by atomic mass is 10.1. The summed E-state index contributed by atoms with van der Waals surface area (Å²) in [6.45, 7) is 3.97. The standard InChI is InChI=1S/C24H22FN5O2/c1-16-6-5-7-17(2)23(16)26-22(31)14-30-28-24(27-29-30)18-10-12-20(13-11-18)32-15-19-8-3-4-9-21(19)25/h3-13H,14-15H2,1-2H3,(H,26,31). The monoisotopic (exact) mass is 431 g/mol. The molecule has 1 N–H and O–H groups in total. The third-order valence-corrected chi connectivity index (χ3v) is 4.95. The van der Waals surface area contributed by atoms with Crippen molar-refractivity contribution in [3.05, 3.63) is 89.2 Å². The Hall–Kier alpha value is -4.07. The summed E-state index contributed by atoms with van der Waals surface area (Å²) in [5.41, 5.74) is 3.99. The molecule has 4 rings (SSSR count). The fourth-order valence-electron chi connectivity index (χ4n) is 3.22. The van der Waals surface area contributed by atoms with Gasteiger partial charge in [-0.1, -0.05) is 36.4 Å². The van der Waals surface area contributed by atoms with Crippen molar-refractivity contribution >= 4 is 11.6 Å². The predicted octanol–water partition coefficient (Wildman–Crippen LogP) is 4.31. The van der Waals surface area contributed by atoms with Gasteiger partial charge in [-0.05, 0) is 60.5 Å². The molecule has 0 aliphatic carbocycles. The maximum absolute atomic E-state index is 13.7. The second-order valence-corrected chi connectivity index (χ2v) is 7.36. The van der Waals surface area contributed by atoms with Crippen molar-refractivity contribution < 1.29 is 13.9 Å². The van der Waals surface area contributed by atoms with Crippen LogP contribution >= 0.6 is 0 Å². The van der Waals surface area contributed by atoms with Gasteiger partial charge in [0.1, 0.15) is 24.7 Å². The van der Waals surface area contributed by atoms with Crippen LogP contribution in [0, 0.1) is 19.7 Å². The number of amides is 1. The number of nitrogens with one attached hydrogen (secondary N) is 1. The second-order valence-electron chi connectivity index (χ2n) is 7.36. The van der Waals surface area contributed by atoms with Gasteiger partial charge in [-0.25, -0.2) is 4.39 Å². The normalized spacial score (nSPS) is 10.7. The summed E-state index contributed by atoms with van der Waals surface area (Å²) in [5.74, 6) is 0.456. The van der Waals surface area contributed by atoms with Crippen LogP contribution in [0.2, 0.25) is 0 Å². The summed E-state index contributed by atoms with van der Waals surface area (Å²) in [7, 11) is 0. The molecule has 0 fully saturated rings. The maximum Gasteiger partial charge on any atom is 0.248 e. The molecular weight excluding hydrogens is 409 g/mol. The highest BCUT2D eigenvalue weighted by molar-refractivity contribution is 5.92. The minimum Gasteiger partial charge on any atom is -0.489 e. The van der Waals surface area contributed by atoms with Crippen molar-refractivity contribution in [3.63, 3.8) is 0 Å². The van der Waals surface area contributed by atoms with Gasteiger partial charge in [0.25, 0.3) is 0 Å². The molecular formula is C24H22FN5O2. The number of carbonyl (C=O) groups excluding carboxylic acids is 1. The number of hydrogen-bond donors (Lipinski definition) is 1. The number of rotatable bonds is 7. The van der Waals surface area contributed by atoms with E-state index < -0.39 is 0 Å². The topological polar surface area (TPSA) is 81.9 Å². The smallest absolute Gasteiger partial charge is 0.248 e. The molecule has 3 aromatic carbocycles. The third kappa shape index (κ3) is 4.97. The summed E-state index contributed by atoms with van der Waals surface area (Å²) in [6.07, 6.45) is 0. The van der Waals surface area contributed by atoms with E-state index in [1.165, 1.54) is 10.9 Å². The number of ether oxygens (including phenoxy) is 1. The molecule has 0 saturated heterocycles. The first-order valence-electron chi connectivity index (χ1n) is 10.1. The molecule has 0 radical (unpaired) electrons. The first kappa shape index (κ1) is 21.2. The molecule has 0 atom stereocenters. The first-order valence-corrected chi connectivity index (χ1v) is 10.1. The van der Waals surface area contributed by atoms with Crippen LogP contribution in [0.5, 0.6) is 5.75 Å². The second kappa shape index (κ2) is 9.38. The molecule has 0 saturated carbocycles. The molecule has 162 valence electrons. The number of para-hydroxylation sites is 1. The number of tetrazole rings is 1. The number of benzene rings is 3. The molecule has 0 aliphatic rings. The van der Waals surface area contributed by atoms with Crippen LogP contribution in [0.4, 0.5) is 10.1 Å². The molecule has 32 heavy (non-hydrogen) atoms. The van der Waals surface area contributed by atoms with E-state index >= 15 is 0 Å². The summed E-state index contributed by atoms with van der Waals surface area (Å²) in [6, 6.07) is 19.4. The van der Waals surface area contributed by atoms with Gasteiger partial charge in [-0.2, -0.15) is 4.80 Å². The fraction of sp³-hybridized carbons (Fsp3) is 0.167. The number of halogens is 1. The SMILES string of the molecule is Cc1cccc(C)c1NC(=O)Cn1nnc(-c2ccc(OCc3ccccc3F)cc2)n1. The highest BCUT2D eigenvalue weighted by Crippen LogP contribution is 2.21. The van der Waals surface area contributed by atoms with E-state index in [4.69, 9.17) is 4.74 Å². The van der Waals surface area contributed by atoms with Crippen molar-refractivity contribution in [1.29, 1.82) is 0 Å². The van der Waals surface area contributed by atoms with E-state index in [9.17, 15) is 9.18 Å². The number of hydrogen-bond acceptors (Lipinski definition) is 5. The number of aromatic nitrogens is 4. The zero-order chi connectivity index (χ0) is 22.5. The average Bonchev–Trinajstić information content (AvgIpc) is 3.24. The Kier molecular flexibility index (Phi) is 6.21. The lowest BCUT2D eigenvalue weighted by Gasteiger charge is -2.10. The number of aryl methyl sites for hydroxylation is 2. The number of anilines is 1. The molecule has 0 unspecified atom stereocenters. The highest BCUT2D eigenvalue weighted by atomic mass is 19.1. The van der Waals surface area contributed by atoms with Crippen LogP contribution in [0.25, 0.3) is 11.4 Å². The van der Waals surface area contributed by atoms with Crippen molar-refractivity contribution in [3.8, 4) is 17.1 Å². The van der Waals surface area contributed by atoms with Gasteiger partial charge in [0.05, 0.1) is 0 Å². The molecule has 4 aromatic rings. The van der Waals surface area contributed by atoms with Crippen molar-refractivity contribution in [2.45, 2.75) is 27.0 Å². The van der Waals surface area contributed by atoms with Crippen LogP contribution in [0.1, 0.15) is 16.7 Å². The van der Waals surface area contributed by atoms with E-state index in [0.717, 1.165) is 22.4 Å². The minimum atomic E-state index is -0.299. The van der Waals surface area contributed by atoms with Crippen molar-refractivity contribution in [2.75, 3.05) is 5.32 Å². The lowest BCUT2D eigenvalue weighted by molar-refractivity contribution is -0.117. The minimum absolute atomic E-state index is 0.0510. The fourth-order valence-corrected chi connectivity index (χ4v) is 3.22. The largest absolute Gasteiger partial charge is 0.489 e. The Morgan fingerprint density at radius 3 is 2.44 bits per heavy atom. The van der Waals surface area contributed by atoms with E-state index in [1.807, 2.05) is 32.0 Å². The van der Waals surface area contributed by atoms with Gasteiger partial charge in [0.15, 0.2) is 0 Å². The zero-order valence-electron chi connectivity index (χ0n) is 17.7. The zero-order valence-corrected chi connectivity index (χ0v) is 17.7. The van der Waals surface area contributed by atoms with Crippen LogP contribution in [0.15, 0.2) is 66.7 Å².